The van der Waals surface area contributed by atoms with Gasteiger partial charge in [0, 0.05) is 0 Å². The van der Waals surface area contributed by atoms with Crippen LogP contribution in [0.3, 0.4) is 0 Å². The Morgan fingerprint density at radius 2 is 1.70 bits per heavy atom. The van der Waals surface area contributed by atoms with E-state index in [0.717, 1.165) is 21.5 Å². The summed E-state index contributed by atoms with van der Waals surface area (Å²) in [7, 11) is 0. The first-order valence-corrected chi connectivity index (χ1v) is 7.52. The van der Waals surface area contributed by atoms with Gasteiger partial charge in [0.05, 0.1) is 10.6 Å². The number of rotatable bonds is 4. The lowest BCUT2D eigenvalue weighted by atomic mass is 10.0. The summed E-state index contributed by atoms with van der Waals surface area (Å²) in [5.41, 5.74) is 2.04. The number of halogens is 1. The number of hydrogen-bond donors (Lipinski definition) is 1. The third kappa shape index (κ3) is 3.41. The van der Waals surface area contributed by atoms with Gasteiger partial charge >= 0.3 is 0 Å². The minimum absolute atomic E-state index is 0.404. The predicted molar refractivity (Wildman–Crippen MR) is 85.4 cm³/mol. The van der Waals surface area contributed by atoms with E-state index in [2.05, 4.69) is 35.8 Å². The Balaban J connectivity index is 2.31. The van der Waals surface area contributed by atoms with Crippen LogP contribution in [0.2, 0.25) is 0 Å². The molecule has 0 heterocycles. The summed E-state index contributed by atoms with van der Waals surface area (Å²) >= 11 is 3.50. The van der Waals surface area contributed by atoms with Crippen LogP contribution in [0.15, 0.2) is 46.9 Å². The molecule has 1 N–H and O–H groups in total. The molecule has 2 aromatic carbocycles. The van der Waals surface area contributed by atoms with Crippen LogP contribution >= 0.6 is 15.9 Å². The summed E-state index contributed by atoms with van der Waals surface area (Å²) in [5.74, 6) is 2.03. The van der Waals surface area contributed by atoms with E-state index in [0.29, 0.717) is 5.92 Å². The highest BCUT2D eigenvalue weighted by molar-refractivity contribution is 9.10. The van der Waals surface area contributed by atoms with E-state index in [1.54, 1.807) is 6.92 Å². The Morgan fingerprint density at radius 3 is 2.30 bits per heavy atom. The van der Waals surface area contributed by atoms with Gasteiger partial charge in [0.25, 0.3) is 0 Å². The molecule has 0 aliphatic heterocycles. The highest BCUT2D eigenvalue weighted by Gasteiger charge is 2.11. The maximum absolute atomic E-state index is 9.58. The van der Waals surface area contributed by atoms with Crippen LogP contribution in [0.4, 0.5) is 0 Å². The van der Waals surface area contributed by atoms with E-state index >= 15 is 0 Å². The molecule has 1 unspecified atom stereocenters. The number of aliphatic hydroxyl groups excluding tert-OH is 1. The molecular weight excluding hydrogens is 316 g/mol. The highest BCUT2D eigenvalue weighted by atomic mass is 79.9. The number of hydrogen-bond acceptors (Lipinski definition) is 2. The molecule has 20 heavy (non-hydrogen) atoms. The van der Waals surface area contributed by atoms with Crippen LogP contribution in [-0.4, -0.2) is 5.11 Å². The summed E-state index contributed by atoms with van der Waals surface area (Å²) in [4.78, 5) is 0. The lowest BCUT2D eigenvalue weighted by Crippen LogP contribution is -1.95. The molecular formula is C17H19BrO2. The second-order valence-corrected chi connectivity index (χ2v) is 6.01. The first-order valence-electron chi connectivity index (χ1n) is 6.73. The monoisotopic (exact) mass is 334 g/mol. The van der Waals surface area contributed by atoms with Crippen molar-refractivity contribution in [2.45, 2.75) is 32.8 Å². The predicted octanol–water partition coefficient (Wildman–Crippen LogP) is 5.42. The molecule has 0 aliphatic rings. The molecule has 0 aliphatic carbocycles. The third-order valence-corrected chi connectivity index (χ3v) is 3.82. The molecule has 0 amide bonds. The molecule has 0 bridgehead atoms. The van der Waals surface area contributed by atoms with Gasteiger partial charge in [0.15, 0.2) is 0 Å². The number of aliphatic hydroxyl groups is 1. The summed E-state index contributed by atoms with van der Waals surface area (Å²) in [6.07, 6.45) is -0.483. The summed E-state index contributed by atoms with van der Waals surface area (Å²) in [6, 6.07) is 13.7. The molecule has 0 spiro atoms. The van der Waals surface area contributed by atoms with Crippen LogP contribution in [0.5, 0.6) is 11.5 Å². The van der Waals surface area contributed by atoms with Crippen molar-refractivity contribution in [3.8, 4) is 11.5 Å². The Bertz CT molecular complexity index is 591. The Kier molecular flexibility index (Phi) is 4.84. The van der Waals surface area contributed by atoms with Crippen molar-refractivity contribution in [1.82, 2.24) is 0 Å². The molecule has 0 radical (unpaired) electrons. The molecule has 106 valence electrons. The van der Waals surface area contributed by atoms with Gasteiger partial charge in [0.2, 0.25) is 0 Å². The summed E-state index contributed by atoms with van der Waals surface area (Å²) < 4.78 is 6.85. The summed E-state index contributed by atoms with van der Waals surface area (Å²) in [5, 5.41) is 9.58. The van der Waals surface area contributed by atoms with E-state index in [9.17, 15) is 5.11 Å². The maximum atomic E-state index is 9.58. The first kappa shape index (κ1) is 15.1. The van der Waals surface area contributed by atoms with Gasteiger partial charge in [-0.3, -0.25) is 0 Å². The Labute approximate surface area is 128 Å². The zero-order valence-corrected chi connectivity index (χ0v) is 13.5. The normalized spacial score (nSPS) is 12.5. The average molecular weight is 335 g/mol. The van der Waals surface area contributed by atoms with Crippen molar-refractivity contribution in [3.63, 3.8) is 0 Å². The lowest BCUT2D eigenvalue weighted by Gasteiger charge is -2.15. The van der Waals surface area contributed by atoms with Crippen LogP contribution < -0.4 is 4.74 Å². The number of benzene rings is 2. The first-order chi connectivity index (χ1) is 9.49. The zero-order chi connectivity index (χ0) is 14.7. The van der Waals surface area contributed by atoms with E-state index in [1.807, 2.05) is 36.4 Å². The fourth-order valence-corrected chi connectivity index (χ4v) is 2.51. The second-order valence-electron chi connectivity index (χ2n) is 5.16. The Morgan fingerprint density at radius 1 is 1.00 bits per heavy atom. The molecule has 0 aromatic heterocycles. The van der Waals surface area contributed by atoms with Gasteiger partial charge in [-0.25, -0.2) is 0 Å². The van der Waals surface area contributed by atoms with Gasteiger partial charge < -0.3 is 9.84 Å². The van der Waals surface area contributed by atoms with Crippen molar-refractivity contribution in [2.24, 2.45) is 0 Å². The Hall–Kier alpha value is -1.32. The topological polar surface area (TPSA) is 29.5 Å². The largest absolute Gasteiger partial charge is 0.456 e. The van der Waals surface area contributed by atoms with E-state index in [4.69, 9.17) is 4.74 Å². The van der Waals surface area contributed by atoms with Gasteiger partial charge in [-0.1, -0.05) is 38.1 Å². The van der Waals surface area contributed by atoms with Crippen molar-refractivity contribution in [1.29, 1.82) is 0 Å². The van der Waals surface area contributed by atoms with Crippen molar-refractivity contribution < 1.29 is 9.84 Å². The molecule has 2 aromatic rings. The zero-order valence-electron chi connectivity index (χ0n) is 11.9. The van der Waals surface area contributed by atoms with Crippen LogP contribution in [-0.2, 0) is 0 Å². The molecule has 0 saturated carbocycles. The lowest BCUT2D eigenvalue weighted by molar-refractivity contribution is 0.199. The van der Waals surface area contributed by atoms with Gasteiger partial charge in [-0.15, -0.1) is 0 Å². The van der Waals surface area contributed by atoms with Crippen LogP contribution in [0, 0.1) is 0 Å². The standard InChI is InChI=1S/C17H19BrO2/c1-11(2)14-6-4-5-7-16(14)20-17-9-8-13(12(3)19)10-15(17)18/h4-12,19H,1-3H3. The number of ether oxygens (including phenoxy) is 1. The number of para-hydroxylation sites is 1. The van der Waals surface area contributed by atoms with E-state index in [-0.39, 0.29) is 0 Å². The van der Waals surface area contributed by atoms with Crippen LogP contribution in [0.25, 0.3) is 0 Å². The quantitative estimate of drug-likeness (QED) is 0.809. The van der Waals surface area contributed by atoms with Crippen molar-refractivity contribution in [3.05, 3.63) is 58.1 Å². The highest BCUT2D eigenvalue weighted by Crippen LogP contribution is 2.35. The minimum Gasteiger partial charge on any atom is -0.456 e. The van der Waals surface area contributed by atoms with Crippen molar-refractivity contribution >= 4 is 15.9 Å². The van der Waals surface area contributed by atoms with Gasteiger partial charge in [-0.2, -0.15) is 0 Å². The van der Waals surface area contributed by atoms with Gasteiger partial charge in [-0.05, 0) is 58.1 Å². The van der Waals surface area contributed by atoms with Gasteiger partial charge in [0.1, 0.15) is 11.5 Å². The van der Waals surface area contributed by atoms with E-state index in [1.165, 1.54) is 5.56 Å². The minimum atomic E-state index is -0.483. The molecule has 0 fully saturated rings. The summed E-state index contributed by atoms with van der Waals surface area (Å²) in [6.45, 7) is 6.04. The second kappa shape index (κ2) is 6.42. The molecule has 3 heteroatoms. The SMILES string of the molecule is CC(C)c1ccccc1Oc1ccc(C(C)O)cc1Br. The molecule has 2 nitrogen and oxygen atoms in total. The third-order valence-electron chi connectivity index (χ3n) is 3.20. The maximum Gasteiger partial charge on any atom is 0.141 e. The molecule has 2 rings (SSSR count). The van der Waals surface area contributed by atoms with E-state index < -0.39 is 6.10 Å². The fraction of sp³-hybridized carbons (Fsp3) is 0.294. The fourth-order valence-electron chi connectivity index (χ4n) is 2.03. The van der Waals surface area contributed by atoms with Crippen molar-refractivity contribution in [2.75, 3.05) is 0 Å². The molecule has 1 atom stereocenters. The smallest absolute Gasteiger partial charge is 0.141 e. The molecule has 0 saturated heterocycles. The average Bonchev–Trinajstić information content (AvgIpc) is 2.41. The van der Waals surface area contributed by atoms with Crippen LogP contribution in [0.1, 0.15) is 43.9 Å².